The van der Waals surface area contributed by atoms with Crippen LogP contribution in [0.3, 0.4) is 0 Å². The molecule has 1 amide bonds. The van der Waals surface area contributed by atoms with Gasteiger partial charge < -0.3 is 4.90 Å². The van der Waals surface area contributed by atoms with E-state index in [9.17, 15) is 19.3 Å². The number of halogens is 1. The minimum Gasteiger partial charge on any atom is -0.342 e. The third-order valence-corrected chi connectivity index (χ3v) is 5.80. The average molecular weight is 452 g/mol. The molecule has 2 aromatic carbocycles. The van der Waals surface area contributed by atoms with Crippen molar-refractivity contribution in [3.63, 3.8) is 0 Å². The normalized spacial score (nSPS) is 17.8. The van der Waals surface area contributed by atoms with Crippen LogP contribution in [0.5, 0.6) is 0 Å². The first-order chi connectivity index (χ1) is 15.9. The maximum Gasteiger partial charge on any atom is 0.269 e. The smallest absolute Gasteiger partial charge is 0.269 e. The largest absolute Gasteiger partial charge is 0.342 e. The van der Waals surface area contributed by atoms with E-state index in [4.69, 9.17) is 0 Å². The van der Waals surface area contributed by atoms with Crippen LogP contribution >= 0.6 is 0 Å². The van der Waals surface area contributed by atoms with Crippen molar-refractivity contribution in [3.8, 4) is 5.69 Å². The van der Waals surface area contributed by atoms with Gasteiger partial charge >= 0.3 is 0 Å². The first kappa shape index (κ1) is 22.6. The van der Waals surface area contributed by atoms with Crippen molar-refractivity contribution >= 4 is 11.6 Å². The van der Waals surface area contributed by atoms with E-state index in [1.165, 1.54) is 35.1 Å². The van der Waals surface area contributed by atoms with Crippen molar-refractivity contribution in [2.24, 2.45) is 0 Å². The molecule has 0 bridgehead atoms. The van der Waals surface area contributed by atoms with Gasteiger partial charge in [-0.1, -0.05) is 12.1 Å². The lowest BCUT2D eigenvalue weighted by Crippen LogP contribution is -2.32. The van der Waals surface area contributed by atoms with Crippen LogP contribution in [0.1, 0.15) is 41.2 Å². The number of rotatable bonds is 8. The minimum atomic E-state index is -0.461. The molecule has 0 saturated carbocycles. The minimum absolute atomic E-state index is 0.00196. The van der Waals surface area contributed by atoms with Gasteiger partial charge in [0.15, 0.2) is 0 Å². The standard InChI is InChI=1S/C23H25FN6O3/c1-28(12-2-3-19-13-22(27-26-19)16-4-6-18(24)7-5-16)23(31)17-14-25-29(15-17)20-8-10-21(11-9-20)30(32)33/h4-11,14-15,19,22,26-27H,2-3,12-13H2,1H3. The van der Waals surface area contributed by atoms with E-state index in [1.54, 1.807) is 42.4 Å². The Morgan fingerprint density at radius 3 is 2.64 bits per heavy atom. The Kier molecular flexibility index (Phi) is 6.76. The number of non-ortho nitro benzene ring substituents is 1. The summed E-state index contributed by atoms with van der Waals surface area (Å²) in [5, 5.41) is 15.0. The van der Waals surface area contributed by atoms with E-state index in [0.717, 1.165) is 24.8 Å². The molecule has 3 aromatic rings. The van der Waals surface area contributed by atoms with Crippen molar-refractivity contribution in [2.75, 3.05) is 13.6 Å². The number of nitrogens with one attached hydrogen (secondary N) is 2. The Morgan fingerprint density at radius 1 is 1.21 bits per heavy atom. The zero-order chi connectivity index (χ0) is 23.4. The molecule has 1 fully saturated rings. The van der Waals surface area contributed by atoms with Crippen molar-refractivity contribution in [1.82, 2.24) is 25.5 Å². The summed E-state index contributed by atoms with van der Waals surface area (Å²) in [4.78, 5) is 24.7. The second-order valence-corrected chi connectivity index (χ2v) is 8.14. The predicted molar refractivity (Wildman–Crippen MR) is 120 cm³/mol. The summed E-state index contributed by atoms with van der Waals surface area (Å²) in [6.45, 7) is 0.598. The SMILES string of the molecule is CN(CCCC1CC(c2ccc(F)cc2)NN1)C(=O)c1cnn(-c2ccc([N+](=O)[O-])cc2)c1. The molecule has 0 radical (unpaired) electrons. The molecule has 2 unspecified atom stereocenters. The Balaban J connectivity index is 1.25. The number of hydrogen-bond donors (Lipinski definition) is 2. The van der Waals surface area contributed by atoms with Crippen LogP contribution in [0.4, 0.5) is 10.1 Å². The second-order valence-electron chi connectivity index (χ2n) is 8.14. The van der Waals surface area contributed by atoms with E-state index >= 15 is 0 Å². The van der Waals surface area contributed by atoms with Gasteiger partial charge in [0, 0.05) is 44.0 Å². The maximum absolute atomic E-state index is 13.1. The monoisotopic (exact) mass is 452 g/mol. The Morgan fingerprint density at radius 2 is 1.94 bits per heavy atom. The molecule has 2 atom stereocenters. The molecule has 1 aliphatic rings. The molecule has 1 aromatic heterocycles. The van der Waals surface area contributed by atoms with Gasteiger partial charge in [0.05, 0.1) is 22.4 Å². The van der Waals surface area contributed by atoms with Gasteiger partial charge in [-0.3, -0.25) is 25.8 Å². The zero-order valence-corrected chi connectivity index (χ0v) is 18.1. The second kappa shape index (κ2) is 9.88. The maximum atomic E-state index is 13.1. The molecule has 1 aliphatic heterocycles. The zero-order valence-electron chi connectivity index (χ0n) is 18.1. The van der Waals surface area contributed by atoms with Crippen LogP contribution in [0.2, 0.25) is 0 Å². The van der Waals surface area contributed by atoms with Crippen LogP contribution < -0.4 is 10.9 Å². The van der Waals surface area contributed by atoms with Crippen LogP contribution in [-0.2, 0) is 0 Å². The number of nitro groups is 1. The summed E-state index contributed by atoms with van der Waals surface area (Å²) in [6, 6.07) is 12.9. The third kappa shape index (κ3) is 5.41. The fourth-order valence-electron chi connectivity index (χ4n) is 3.92. The van der Waals surface area contributed by atoms with Crippen LogP contribution in [0.25, 0.3) is 5.69 Å². The van der Waals surface area contributed by atoms with Gasteiger partial charge in [0.2, 0.25) is 0 Å². The summed E-state index contributed by atoms with van der Waals surface area (Å²) < 4.78 is 14.6. The first-order valence-corrected chi connectivity index (χ1v) is 10.7. The van der Waals surface area contributed by atoms with E-state index in [0.29, 0.717) is 17.8 Å². The topological polar surface area (TPSA) is 105 Å². The van der Waals surface area contributed by atoms with Crippen molar-refractivity contribution < 1.29 is 14.1 Å². The van der Waals surface area contributed by atoms with Crippen LogP contribution in [-0.4, -0.2) is 45.1 Å². The lowest BCUT2D eigenvalue weighted by molar-refractivity contribution is -0.384. The van der Waals surface area contributed by atoms with Gasteiger partial charge in [0.1, 0.15) is 5.82 Å². The highest BCUT2D eigenvalue weighted by Crippen LogP contribution is 2.24. The van der Waals surface area contributed by atoms with Crippen molar-refractivity contribution in [1.29, 1.82) is 0 Å². The van der Waals surface area contributed by atoms with Crippen molar-refractivity contribution in [3.05, 3.63) is 88.0 Å². The van der Waals surface area contributed by atoms with Crippen LogP contribution in [0, 0.1) is 15.9 Å². The highest BCUT2D eigenvalue weighted by molar-refractivity contribution is 5.93. The fraction of sp³-hybridized carbons (Fsp3) is 0.304. The molecule has 2 heterocycles. The summed E-state index contributed by atoms with van der Waals surface area (Å²) in [5.74, 6) is -0.378. The van der Waals surface area contributed by atoms with Gasteiger partial charge in [-0.05, 0) is 49.1 Å². The molecule has 33 heavy (non-hydrogen) atoms. The number of nitro benzene ring substituents is 1. The molecule has 10 heteroatoms. The van der Waals surface area contributed by atoms with Crippen molar-refractivity contribution in [2.45, 2.75) is 31.3 Å². The first-order valence-electron chi connectivity index (χ1n) is 10.7. The fourth-order valence-corrected chi connectivity index (χ4v) is 3.92. The molecule has 4 rings (SSSR count). The molecule has 9 nitrogen and oxygen atoms in total. The van der Waals surface area contributed by atoms with E-state index < -0.39 is 4.92 Å². The molecule has 2 N–H and O–H groups in total. The predicted octanol–water partition coefficient (Wildman–Crippen LogP) is 3.38. The number of hydrazine groups is 1. The molecule has 1 saturated heterocycles. The van der Waals surface area contributed by atoms with Gasteiger partial charge in [-0.15, -0.1) is 0 Å². The van der Waals surface area contributed by atoms with E-state index in [-0.39, 0.29) is 29.5 Å². The lowest BCUT2D eigenvalue weighted by atomic mass is 9.99. The molecule has 0 spiro atoms. The number of hydrogen-bond acceptors (Lipinski definition) is 6. The van der Waals surface area contributed by atoms with Gasteiger partial charge in [-0.25, -0.2) is 9.07 Å². The number of carbonyl (C=O) groups is 1. The number of amides is 1. The van der Waals surface area contributed by atoms with Gasteiger partial charge in [0.25, 0.3) is 11.6 Å². The number of benzene rings is 2. The summed E-state index contributed by atoms with van der Waals surface area (Å²) in [6.07, 6.45) is 5.73. The lowest BCUT2D eigenvalue weighted by Gasteiger charge is -2.17. The van der Waals surface area contributed by atoms with Gasteiger partial charge in [-0.2, -0.15) is 5.10 Å². The Hall–Kier alpha value is -3.63. The highest BCUT2D eigenvalue weighted by Gasteiger charge is 2.25. The summed E-state index contributed by atoms with van der Waals surface area (Å²) >= 11 is 0. The Bertz CT molecular complexity index is 1120. The number of carbonyl (C=O) groups excluding carboxylic acids is 1. The van der Waals surface area contributed by atoms with E-state index in [1.807, 2.05) is 0 Å². The highest BCUT2D eigenvalue weighted by atomic mass is 19.1. The molecular weight excluding hydrogens is 427 g/mol. The quantitative estimate of drug-likeness (QED) is 0.401. The summed E-state index contributed by atoms with van der Waals surface area (Å²) in [5.41, 5.74) is 8.67. The van der Waals surface area contributed by atoms with Crippen LogP contribution in [0.15, 0.2) is 60.9 Å². The molecule has 0 aliphatic carbocycles. The molecule has 172 valence electrons. The van der Waals surface area contributed by atoms with E-state index in [2.05, 4.69) is 16.0 Å². The number of aromatic nitrogens is 2. The summed E-state index contributed by atoms with van der Waals surface area (Å²) in [7, 11) is 1.76. The third-order valence-electron chi connectivity index (χ3n) is 5.80. The average Bonchev–Trinajstić information content (AvgIpc) is 3.49. The Labute approximate surface area is 190 Å². The molecular formula is C23H25FN6O3. The number of nitrogens with zero attached hydrogens (tertiary/aromatic N) is 4.